The lowest BCUT2D eigenvalue weighted by Crippen LogP contribution is -2.14. The third kappa shape index (κ3) is 2.31. The Labute approximate surface area is 121 Å². The minimum absolute atomic E-state index is 0.0368. The van der Waals surface area contributed by atoms with Crippen molar-refractivity contribution in [2.75, 3.05) is 0 Å². The summed E-state index contributed by atoms with van der Waals surface area (Å²) in [5.41, 5.74) is 9.54. The van der Waals surface area contributed by atoms with Crippen LogP contribution in [0.2, 0.25) is 0 Å². The van der Waals surface area contributed by atoms with E-state index in [4.69, 9.17) is 15.6 Å². The Kier molecular flexibility index (Phi) is 3.25. The van der Waals surface area contributed by atoms with E-state index in [1.807, 2.05) is 19.9 Å². The Balaban J connectivity index is 2.01. The van der Waals surface area contributed by atoms with E-state index in [1.54, 1.807) is 0 Å². The molecule has 104 valence electrons. The fourth-order valence-corrected chi connectivity index (χ4v) is 3.24. The third-order valence-electron chi connectivity index (χ3n) is 3.50. The van der Waals surface area contributed by atoms with Gasteiger partial charge in [0.25, 0.3) is 5.22 Å². The average molecular weight is 288 g/mol. The van der Waals surface area contributed by atoms with Crippen molar-refractivity contribution < 1.29 is 4.42 Å². The summed E-state index contributed by atoms with van der Waals surface area (Å²) in [6.07, 6.45) is 3.13. The molecule has 0 saturated carbocycles. The lowest BCUT2D eigenvalue weighted by atomic mass is 10.1. The zero-order chi connectivity index (χ0) is 14.3. The van der Waals surface area contributed by atoms with E-state index in [-0.39, 0.29) is 5.84 Å². The van der Waals surface area contributed by atoms with Gasteiger partial charge >= 0.3 is 0 Å². The summed E-state index contributed by atoms with van der Waals surface area (Å²) in [7, 11) is 0. The van der Waals surface area contributed by atoms with E-state index < -0.39 is 0 Å². The number of nitrogens with zero attached hydrogens (tertiary/aromatic N) is 2. The van der Waals surface area contributed by atoms with E-state index in [0.717, 1.165) is 36.4 Å². The number of oxazole rings is 1. The quantitative estimate of drug-likeness (QED) is 0.669. The smallest absolute Gasteiger partial charge is 0.262 e. The van der Waals surface area contributed by atoms with Gasteiger partial charge in [0.05, 0.1) is 5.69 Å². The highest BCUT2D eigenvalue weighted by Gasteiger charge is 2.20. The van der Waals surface area contributed by atoms with Crippen molar-refractivity contribution in [2.24, 2.45) is 5.73 Å². The summed E-state index contributed by atoms with van der Waals surface area (Å²) in [6, 6.07) is 1.99. The highest BCUT2D eigenvalue weighted by molar-refractivity contribution is 7.99. The van der Waals surface area contributed by atoms with E-state index in [2.05, 4.69) is 9.97 Å². The van der Waals surface area contributed by atoms with E-state index in [1.165, 1.54) is 17.3 Å². The largest absolute Gasteiger partial charge is 0.436 e. The molecule has 6 heteroatoms. The van der Waals surface area contributed by atoms with Crippen LogP contribution in [0.15, 0.2) is 20.7 Å². The maximum absolute atomic E-state index is 7.73. The lowest BCUT2D eigenvalue weighted by Gasteiger charge is -2.08. The standard InChI is InChI=1S/C14H16N4OS/c1-7-8(2)19-14(17-7)20-13-10(12(15)16)6-9-4-3-5-11(9)18-13/h6H,3-5H2,1-2H3,(H3,15,16). The number of hydrogen-bond acceptors (Lipinski definition) is 5. The lowest BCUT2D eigenvalue weighted by molar-refractivity contribution is 0.431. The zero-order valence-corrected chi connectivity index (χ0v) is 12.3. The zero-order valence-electron chi connectivity index (χ0n) is 11.5. The predicted molar refractivity (Wildman–Crippen MR) is 77.4 cm³/mol. The molecule has 1 aliphatic carbocycles. The number of aryl methyl sites for hydroxylation is 4. The van der Waals surface area contributed by atoms with Crippen molar-refractivity contribution in [3.8, 4) is 0 Å². The van der Waals surface area contributed by atoms with E-state index >= 15 is 0 Å². The first kappa shape index (κ1) is 13.2. The van der Waals surface area contributed by atoms with Crippen molar-refractivity contribution in [3.05, 3.63) is 34.3 Å². The van der Waals surface area contributed by atoms with Gasteiger partial charge < -0.3 is 10.2 Å². The van der Waals surface area contributed by atoms with Crippen molar-refractivity contribution >= 4 is 17.6 Å². The first-order chi connectivity index (χ1) is 9.54. The van der Waals surface area contributed by atoms with Gasteiger partial charge in [-0.25, -0.2) is 9.97 Å². The van der Waals surface area contributed by atoms with Gasteiger partial charge in [0.1, 0.15) is 16.6 Å². The number of amidine groups is 1. The Morgan fingerprint density at radius 1 is 1.35 bits per heavy atom. The SMILES string of the molecule is Cc1nc(Sc2nc3c(cc2C(=N)N)CCC3)oc1C. The molecule has 5 nitrogen and oxygen atoms in total. The summed E-state index contributed by atoms with van der Waals surface area (Å²) < 4.78 is 5.57. The van der Waals surface area contributed by atoms with Crippen LogP contribution in [-0.2, 0) is 12.8 Å². The molecule has 0 radical (unpaired) electrons. The van der Waals surface area contributed by atoms with Crippen LogP contribution in [-0.4, -0.2) is 15.8 Å². The van der Waals surface area contributed by atoms with Crippen molar-refractivity contribution in [1.29, 1.82) is 5.41 Å². The molecule has 2 aromatic heterocycles. The van der Waals surface area contributed by atoms with Gasteiger partial charge in [-0.3, -0.25) is 5.41 Å². The molecular formula is C14H16N4OS. The van der Waals surface area contributed by atoms with Gasteiger partial charge in [-0.1, -0.05) is 0 Å². The molecule has 0 aromatic carbocycles. The maximum Gasteiger partial charge on any atom is 0.262 e. The molecule has 0 aliphatic heterocycles. The van der Waals surface area contributed by atoms with Gasteiger partial charge in [-0.15, -0.1) is 0 Å². The Hall–Kier alpha value is -1.82. The number of nitrogen functional groups attached to an aromatic ring is 1. The topological polar surface area (TPSA) is 88.8 Å². The normalized spacial score (nSPS) is 13.5. The van der Waals surface area contributed by atoms with Crippen LogP contribution in [0.1, 0.15) is 34.7 Å². The Morgan fingerprint density at radius 3 is 2.80 bits per heavy atom. The number of rotatable bonds is 3. The highest BCUT2D eigenvalue weighted by atomic mass is 32.2. The Bertz CT molecular complexity index is 673. The third-order valence-corrected chi connectivity index (χ3v) is 4.35. The van der Waals surface area contributed by atoms with Crippen molar-refractivity contribution in [1.82, 2.24) is 9.97 Å². The molecule has 3 N–H and O–H groups in total. The first-order valence-electron chi connectivity index (χ1n) is 6.53. The minimum atomic E-state index is 0.0368. The van der Waals surface area contributed by atoms with Crippen LogP contribution < -0.4 is 5.73 Å². The number of nitrogens with one attached hydrogen (secondary N) is 1. The summed E-state index contributed by atoms with van der Waals surface area (Å²) >= 11 is 1.33. The summed E-state index contributed by atoms with van der Waals surface area (Å²) in [5, 5.41) is 8.98. The van der Waals surface area contributed by atoms with E-state index in [9.17, 15) is 0 Å². The van der Waals surface area contributed by atoms with Crippen LogP contribution in [0.3, 0.4) is 0 Å². The second-order valence-electron chi connectivity index (χ2n) is 4.94. The predicted octanol–water partition coefficient (Wildman–Crippen LogP) is 2.61. The van der Waals surface area contributed by atoms with Crippen LogP contribution in [0.5, 0.6) is 0 Å². The molecule has 0 unspecified atom stereocenters. The molecule has 1 aliphatic rings. The Morgan fingerprint density at radius 2 is 2.15 bits per heavy atom. The van der Waals surface area contributed by atoms with Crippen LogP contribution >= 0.6 is 11.8 Å². The molecule has 0 fully saturated rings. The molecule has 0 spiro atoms. The van der Waals surface area contributed by atoms with Crippen LogP contribution in [0, 0.1) is 19.3 Å². The maximum atomic E-state index is 7.73. The van der Waals surface area contributed by atoms with Gasteiger partial charge in [0.2, 0.25) is 0 Å². The number of nitrogens with two attached hydrogens (primary N) is 1. The van der Waals surface area contributed by atoms with Gasteiger partial charge in [-0.05, 0) is 56.5 Å². The monoisotopic (exact) mass is 288 g/mol. The second kappa shape index (κ2) is 4.94. The van der Waals surface area contributed by atoms with Gasteiger partial charge in [-0.2, -0.15) is 0 Å². The molecule has 0 atom stereocenters. The number of pyridine rings is 1. The number of aromatic nitrogens is 2. The summed E-state index contributed by atoms with van der Waals surface area (Å²) in [6.45, 7) is 3.79. The highest BCUT2D eigenvalue weighted by Crippen LogP contribution is 2.32. The van der Waals surface area contributed by atoms with Gasteiger partial charge in [0, 0.05) is 11.3 Å². The molecule has 0 saturated heterocycles. The van der Waals surface area contributed by atoms with Gasteiger partial charge in [0.15, 0.2) is 0 Å². The number of fused-ring (bicyclic) bond motifs is 1. The fraction of sp³-hybridized carbons (Fsp3) is 0.357. The summed E-state index contributed by atoms with van der Waals surface area (Å²) in [5.74, 6) is 0.840. The molecule has 3 rings (SSSR count). The van der Waals surface area contributed by atoms with Crippen LogP contribution in [0.25, 0.3) is 0 Å². The molecule has 0 amide bonds. The van der Waals surface area contributed by atoms with Crippen LogP contribution in [0.4, 0.5) is 0 Å². The first-order valence-corrected chi connectivity index (χ1v) is 7.35. The molecule has 0 bridgehead atoms. The molecular weight excluding hydrogens is 272 g/mol. The fourth-order valence-electron chi connectivity index (χ4n) is 2.29. The van der Waals surface area contributed by atoms with E-state index in [0.29, 0.717) is 15.8 Å². The number of hydrogen-bond donors (Lipinski definition) is 2. The molecule has 2 heterocycles. The molecule has 20 heavy (non-hydrogen) atoms. The summed E-state index contributed by atoms with van der Waals surface area (Å²) in [4.78, 5) is 9.00. The average Bonchev–Trinajstić information content (AvgIpc) is 2.95. The van der Waals surface area contributed by atoms with Crippen molar-refractivity contribution in [2.45, 2.75) is 43.4 Å². The molecule has 2 aromatic rings. The van der Waals surface area contributed by atoms with Crippen molar-refractivity contribution in [3.63, 3.8) is 0 Å². The minimum Gasteiger partial charge on any atom is -0.436 e. The second-order valence-corrected chi connectivity index (χ2v) is 5.88.